The summed E-state index contributed by atoms with van der Waals surface area (Å²) in [5, 5.41) is 4.05. The van der Waals surface area contributed by atoms with E-state index in [0.717, 1.165) is 0 Å². The molecule has 10 heteroatoms. The Morgan fingerprint density at radius 3 is 2.57 bits per heavy atom. The van der Waals surface area contributed by atoms with Crippen LogP contribution < -0.4 is 10.1 Å². The number of anilines is 1. The van der Waals surface area contributed by atoms with Crippen molar-refractivity contribution in [1.82, 2.24) is 4.98 Å². The van der Waals surface area contributed by atoms with Gasteiger partial charge in [-0.2, -0.15) is 0 Å². The molecule has 0 unspecified atom stereocenters. The quantitative estimate of drug-likeness (QED) is 0.549. The molecule has 0 radical (unpaired) electrons. The minimum atomic E-state index is -3.47. The fraction of sp³-hybridized carbons (Fsp3) is 0.222. The summed E-state index contributed by atoms with van der Waals surface area (Å²) < 4.78 is 30.6. The molecule has 0 fully saturated rings. The number of amides is 1. The summed E-state index contributed by atoms with van der Waals surface area (Å²) in [6, 6.07) is 9.36. The minimum Gasteiger partial charge on any atom is -0.494 e. The molecule has 28 heavy (non-hydrogen) atoms. The van der Waals surface area contributed by atoms with E-state index in [1.54, 1.807) is 12.1 Å². The maximum absolute atomic E-state index is 12.3. The second kappa shape index (κ2) is 8.65. The number of fused-ring (bicyclic) bond motifs is 1. The van der Waals surface area contributed by atoms with Crippen molar-refractivity contribution in [2.75, 3.05) is 18.2 Å². The van der Waals surface area contributed by atoms with E-state index in [1.807, 2.05) is 0 Å². The van der Waals surface area contributed by atoms with Crippen molar-refractivity contribution < 1.29 is 17.9 Å². The highest BCUT2D eigenvalue weighted by Crippen LogP contribution is 2.37. The van der Waals surface area contributed by atoms with Crippen LogP contribution in [0.25, 0.3) is 10.2 Å². The average molecular weight is 459 g/mol. The van der Waals surface area contributed by atoms with Gasteiger partial charge in [0.15, 0.2) is 15.0 Å². The number of benzene rings is 2. The lowest BCUT2D eigenvalue weighted by molar-refractivity contribution is -0.116. The first-order valence-electron chi connectivity index (χ1n) is 8.21. The highest BCUT2D eigenvalue weighted by atomic mass is 35.5. The Kier molecular flexibility index (Phi) is 6.44. The highest BCUT2D eigenvalue weighted by Gasteiger charge is 2.17. The third-order valence-corrected chi connectivity index (χ3v) is 7.41. The number of hydrogen-bond acceptors (Lipinski definition) is 6. The van der Waals surface area contributed by atoms with Gasteiger partial charge in [-0.15, -0.1) is 0 Å². The first-order chi connectivity index (χ1) is 13.3. The molecule has 0 aliphatic heterocycles. The maximum Gasteiger partial charge on any atom is 0.226 e. The fourth-order valence-electron chi connectivity index (χ4n) is 2.53. The second-order valence-electron chi connectivity index (χ2n) is 5.87. The summed E-state index contributed by atoms with van der Waals surface area (Å²) in [5.74, 6) is 0.104. The number of nitrogens with one attached hydrogen (secondary N) is 1. The first-order valence-corrected chi connectivity index (χ1v) is 11.4. The van der Waals surface area contributed by atoms with E-state index in [2.05, 4.69) is 10.3 Å². The summed E-state index contributed by atoms with van der Waals surface area (Å²) in [4.78, 5) is 16.7. The molecule has 2 aromatic carbocycles. The van der Waals surface area contributed by atoms with Gasteiger partial charge in [-0.1, -0.05) is 34.5 Å². The largest absolute Gasteiger partial charge is 0.494 e. The summed E-state index contributed by atoms with van der Waals surface area (Å²) >= 11 is 13.2. The van der Waals surface area contributed by atoms with Crippen molar-refractivity contribution in [2.24, 2.45) is 0 Å². The molecule has 6 nitrogen and oxygen atoms in total. The molecule has 1 N–H and O–H groups in total. The van der Waals surface area contributed by atoms with Gasteiger partial charge >= 0.3 is 0 Å². The van der Waals surface area contributed by atoms with E-state index in [0.29, 0.717) is 31.1 Å². The number of ether oxygens (including phenoxy) is 1. The van der Waals surface area contributed by atoms with E-state index in [9.17, 15) is 13.2 Å². The molecule has 3 aromatic rings. The predicted molar refractivity (Wildman–Crippen MR) is 113 cm³/mol. The summed E-state index contributed by atoms with van der Waals surface area (Å²) in [7, 11) is -1.94. The van der Waals surface area contributed by atoms with Crippen LogP contribution in [0.2, 0.25) is 10.0 Å². The molecule has 1 heterocycles. The third-order valence-electron chi connectivity index (χ3n) is 3.91. The molecule has 0 aliphatic rings. The molecule has 0 aliphatic carbocycles. The van der Waals surface area contributed by atoms with Gasteiger partial charge in [0.2, 0.25) is 5.91 Å². The number of aromatic nitrogens is 1. The van der Waals surface area contributed by atoms with Crippen molar-refractivity contribution in [3.63, 3.8) is 0 Å². The lowest BCUT2D eigenvalue weighted by atomic mass is 10.3. The molecule has 0 saturated carbocycles. The summed E-state index contributed by atoms with van der Waals surface area (Å²) in [6.45, 7) is 0. The molecule has 1 amide bonds. The Morgan fingerprint density at radius 2 is 1.89 bits per heavy atom. The molecule has 3 rings (SSSR count). The Hall–Kier alpha value is -1.87. The molecular formula is C18H16Cl2N2O4S2. The van der Waals surface area contributed by atoms with Gasteiger partial charge in [0.1, 0.15) is 11.3 Å². The lowest BCUT2D eigenvalue weighted by Gasteiger charge is -2.05. The van der Waals surface area contributed by atoms with E-state index in [4.69, 9.17) is 27.9 Å². The van der Waals surface area contributed by atoms with Crippen LogP contribution in [-0.4, -0.2) is 32.2 Å². The van der Waals surface area contributed by atoms with Gasteiger partial charge in [0.25, 0.3) is 0 Å². The molecule has 0 spiro atoms. The first kappa shape index (κ1) is 20.9. The second-order valence-corrected chi connectivity index (χ2v) is 9.82. The van der Waals surface area contributed by atoms with E-state index >= 15 is 0 Å². The maximum atomic E-state index is 12.3. The van der Waals surface area contributed by atoms with Gasteiger partial charge in [-0.3, -0.25) is 4.79 Å². The number of rotatable bonds is 7. The van der Waals surface area contributed by atoms with E-state index in [1.165, 1.54) is 42.7 Å². The third kappa shape index (κ3) is 4.75. The van der Waals surface area contributed by atoms with E-state index in [-0.39, 0.29) is 29.4 Å². The lowest BCUT2D eigenvalue weighted by Crippen LogP contribution is -2.14. The zero-order valence-electron chi connectivity index (χ0n) is 14.7. The van der Waals surface area contributed by atoms with Crippen LogP contribution in [0.4, 0.5) is 5.13 Å². The van der Waals surface area contributed by atoms with Crippen molar-refractivity contribution >= 4 is 65.6 Å². The Balaban J connectivity index is 1.61. The van der Waals surface area contributed by atoms with Gasteiger partial charge in [-0.25, -0.2) is 13.4 Å². The zero-order valence-corrected chi connectivity index (χ0v) is 17.9. The monoisotopic (exact) mass is 458 g/mol. The molecular weight excluding hydrogens is 443 g/mol. The van der Waals surface area contributed by atoms with Crippen LogP contribution in [0.1, 0.15) is 12.8 Å². The van der Waals surface area contributed by atoms with Crippen LogP contribution in [0.3, 0.4) is 0 Å². The smallest absolute Gasteiger partial charge is 0.226 e. The summed E-state index contributed by atoms with van der Waals surface area (Å²) in [6.07, 6.45) is 0.235. The molecule has 0 saturated heterocycles. The highest BCUT2D eigenvalue weighted by molar-refractivity contribution is 7.91. The predicted octanol–water partition coefficient (Wildman–Crippen LogP) is 4.80. The Morgan fingerprint density at radius 1 is 1.18 bits per heavy atom. The number of carbonyl (C=O) groups is 1. The van der Waals surface area contributed by atoms with Crippen molar-refractivity contribution in [3.05, 3.63) is 46.4 Å². The number of sulfone groups is 1. The molecule has 1 aromatic heterocycles. The summed E-state index contributed by atoms with van der Waals surface area (Å²) in [5.41, 5.74) is 0.570. The van der Waals surface area contributed by atoms with Crippen LogP contribution in [0.15, 0.2) is 41.3 Å². The average Bonchev–Trinajstić information content (AvgIpc) is 3.06. The number of methoxy groups -OCH3 is 1. The SMILES string of the molecule is COc1ccc(Cl)c2sc(NC(=O)CCCS(=O)(=O)c3ccc(Cl)cc3)nc12. The standard InChI is InChI=1S/C18H16Cl2N2O4S2/c1-26-14-9-8-13(20)17-16(14)22-18(27-17)21-15(23)3-2-10-28(24,25)12-6-4-11(19)5-7-12/h4-9H,2-3,10H2,1H3,(H,21,22,23). The molecule has 148 valence electrons. The normalized spacial score (nSPS) is 11.5. The number of halogens is 2. The van der Waals surface area contributed by atoms with Crippen LogP contribution >= 0.6 is 34.5 Å². The van der Waals surface area contributed by atoms with Gasteiger partial charge < -0.3 is 10.1 Å². The molecule has 0 bridgehead atoms. The Labute approximate surface area is 176 Å². The van der Waals surface area contributed by atoms with Crippen LogP contribution in [0.5, 0.6) is 5.75 Å². The topological polar surface area (TPSA) is 85.4 Å². The fourth-order valence-corrected chi connectivity index (χ4v) is 5.14. The number of thiazole rings is 1. The molecule has 0 atom stereocenters. The number of carbonyl (C=O) groups excluding carboxylic acids is 1. The van der Waals surface area contributed by atoms with Crippen LogP contribution in [-0.2, 0) is 14.6 Å². The van der Waals surface area contributed by atoms with Crippen LogP contribution in [0, 0.1) is 0 Å². The van der Waals surface area contributed by atoms with Gasteiger partial charge in [-0.05, 0) is 42.8 Å². The van der Waals surface area contributed by atoms with Crippen molar-refractivity contribution in [3.8, 4) is 5.75 Å². The van der Waals surface area contributed by atoms with Crippen molar-refractivity contribution in [1.29, 1.82) is 0 Å². The number of hydrogen-bond donors (Lipinski definition) is 1. The Bertz CT molecular complexity index is 1110. The van der Waals surface area contributed by atoms with Gasteiger partial charge in [0.05, 0.1) is 27.5 Å². The minimum absolute atomic E-state index is 0.0492. The van der Waals surface area contributed by atoms with Crippen molar-refractivity contribution in [2.45, 2.75) is 17.7 Å². The number of nitrogens with zero attached hydrogens (tertiary/aromatic N) is 1. The van der Waals surface area contributed by atoms with E-state index < -0.39 is 9.84 Å². The zero-order chi connectivity index (χ0) is 20.3. The van der Waals surface area contributed by atoms with Gasteiger partial charge in [0, 0.05) is 11.4 Å².